The Bertz CT molecular complexity index is 579. The van der Waals surface area contributed by atoms with E-state index in [0.29, 0.717) is 12.2 Å². The summed E-state index contributed by atoms with van der Waals surface area (Å²) in [5, 5.41) is 7.23. The van der Waals surface area contributed by atoms with Gasteiger partial charge in [0.1, 0.15) is 5.82 Å². The molecule has 0 aliphatic carbocycles. The molecule has 1 unspecified atom stereocenters. The molecule has 0 aliphatic rings. The van der Waals surface area contributed by atoms with Crippen molar-refractivity contribution in [3.05, 3.63) is 47.5 Å². The van der Waals surface area contributed by atoms with Gasteiger partial charge < -0.3 is 10.2 Å². The number of benzene rings is 1. The molecule has 0 radical (unpaired) electrons. The average molecular weight is 276 g/mol. The SMILES string of the molecule is CNC(C)c1ccc(N(C)Cc2cnn(C)c2)c(F)c1. The van der Waals surface area contributed by atoms with E-state index in [1.807, 2.05) is 51.3 Å². The lowest BCUT2D eigenvalue weighted by atomic mass is 10.1. The van der Waals surface area contributed by atoms with E-state index >= 15 is 0 Å². The Labute approximate surface area is 119 Å². The smallest absolute Gasteiger partial charge is 0.146 e. The molecule has 1 aromatic heterocycles. The van der Waals surface area contributed by atoms with Gasteiger partial charge in [-0.2, -0.15) is 5.10 Å². The summed E-state index contributed by atoms with van der Waals surface area (Å²) in [6.45, 7) is 2.64. The highest BCUT2D eigenvalue weighted by Gasteiger charge is 2.11. The highest BCUT2D eigenvalue weighted by atomic mass is 19.1. The first-order valence-corrected chi connectivity index (χ1v) is 6.66. The van der Waals surface area contributed by atoms with E-state index in [1.165, 1.54) is 0 Å². The lowest BCUT2D eigenvalue weighted by molar-refractivity contribution is 0.605. The van der Waals surface area contributed by atoms with Crippen molar-refractivity contribution in [1.82, 2.24) is 15.1 Å². The van der Waals surface area contributed by atoms with E-state index in [4.69, 9.17) is 0 Å². The summed E-state index contributed by atoms with van der Waals surface area (Å²) in [6.07, 6.45) is 3.73. The summed E-state index contributed by atoms with van der Waals surface area (Å²) in [5.74, 6) is -0.198. The highest BCUT2D eigenvalue weighted by Crippen LogP contribution is 2.23. The van der Waals surface area contributed by atoms with E-state index in [1.54, 1.807) is 16.9 Å². The number of aromatic nitrogens is 2. The van der Waals surface area contributed by atoms with Gasteiger partial charge in [-0.25, -0.2) is 4.39 Å². The predicted octanol–water partition coefficient (Wildman–Crippen LogP) is 2.48. The maximum Gasteiger partial charge on any atom is 0.146 e. The van der Waals surface area contributed by atoms with Crippen LogP contribution < -0.4 is 10.2 Å². The lowest BCUT2D eigenvalue weighted by Crippen LogP contribution is -2.18. The van der Waals surface area contributed by atoms with E-state index in [-0.39, 0.29) is 11.9 Å². The second-order valence-electron chi connectivity index (χ2n) is 5.10. The Morgan fingerprint density at radius 1 is 1.45 bits per heavy atom. The first-order chi connectivity index (χ1) is 9.51. The number of nitrogens with one attached hydrogen (secondary N) is 1. The number of aryl methyl sites for hydroxylation is 1. The first kappa shape index (κ1) is 14.5. The summed E-state index contributed by atoms with van der Waals surface area (Å²) in [6, 6.07) is 5.52. The molecule has 4 nitrogen and oxygen atoms in total. The van der Waals surface area contributed by atoms with Crippen LogP contribution in [0.2, 0.25) is 0 Å². The van der Waals surface area contributed by atoms with Crippen LogP contribution in [0.15, 0.2) is 30.6 Å². The largest absolute Gasteiger partial charge is 0.368 e. The second kappa shape index (κ2) is 6.05. The molecule has 20 heavy (non-hydrogen) atoms. The van der Waals surface area contributed by atoms with Crippen LogP contribution in [-0.4, -0.2) is 23.9 Å². The molecule has 0 amide bonds. The van der Waals surface area contributed by atoms with E-state index in [0.717, 1.165) is 11.1 Å². The molecule has 108 valence electrons. The van der Waals surface area contributed by atoms with Crippen molar-refractivity contribution in [2.24, 2.45) is 7.05 Å². The second-order valence-corrected chi connectivity index (χ2v) is 5.10. The molecule has 0 bridgehead atoms. The minimum Gasteiger partial charge on any atom is -0.368 e. The van der Waals surface area contributed by atoms with Gasteiger partial charge >= 0.3 is 0 Å². The van der Waals surface area contributed by atoms with Gasteiger partial charge in [0, 0.05) is 38.4 Å². The monoisotopic (exact) mass is 276 g/mol. The molecule has 0 spiro atoms. The number of hydrogen-bond acceptors (Lipinski definition) is 3. The van der Waals surface area contributed by atoms with Crippen LogP contribution in [0.4, 0.5) is 10.1 Å². The van der Waals surface area contributed by atoms with Gasteiger partial charge in [0.25, 0.3) is 0 Å². The maximum atomic E-state index is 14.2. The summed E-state index contributed by atoms with van der Waals surface area (Å²) >= 11 is 0. The molecule has 5 heteroatoms. The van der Waals surface area contributed by atoms with Crippen LogP contribution in [0.3, 0.4) is 0 Å². The van der Waals surface area contributed by atoms with Crippen LogP contribution >= 0.6 is 0 Å². The molecule has 2 rings (SSSR count). The van der Waals surface area contributed by atoms with Crippen LogP contribution in [0, 0.1) is 5.82 Å². The quantitative estimate of drug-likeness (QED) is 0.910. The summed E-state index contributed by atoms with van der Waals surface area (Å²) < 4.78 is 16.0. The van der Waals surface area contributed by atoms with Gasteiger partial charge in [-0.3, -0.25) is 4.68 Å². The van der Waals surface area contributed by atoms with Gasteiger partial charge in [0.05, 0.1) is 11.9 Å². The molecule has 2 aromatic rings. The normalized spacial score (nSPS) is 12.4. The van der Waals surface area contributed by atoms with Crippen molar-refractivity contribution < 1.29 is 4.39 Å². The Balaban J connectivity index is 2.15. The van der Waals surface area contributed by atoms with E-state index < -0.39 is 0 Å². The fourth-order valence-electron chi connectivity index (χ4n) is 2.18. The van der Waals surface area contributed by atoms with Crippen molar-refractivity contribution in [2.75, 3.05) is 19.0 Å². The minimum absolute atomic E-state index is 0.141. The predicted molar refractivity (Wildman–Crippen MR) is 79.2 cm³/mol. The first-order valence-electron chi connectivity index (χ1n) is 6.66. The number of anilines is 1. The third kappa shape index (κ3) is 3.17. The van der Waals surface area contributed by atoms with Crippen molar-refractivity contribution in [1.29, 1.82) is 0 Å². The molecule has 0 saturated carbocycles. The molecule has 1 atom stereocenters. The number of nitrogens with zero attached hydrogens (tertiary/aromatic N) is 3. The van der Waals surface area contributed by atoms with Crippen molar-refractivity contribution in [3.63, 3.8) is 0 Å². The van der Waals surface area contributed by atoms with Crippen LogP contribution in [0.5, 0.6) is 0 Å². The van der Waals surface area contributed by atoms with Crippen molar-refractivity contribution in [3.8, 4) is 0 Å². The van der Waals surface area contributed by atoms with Crippen LogP contribution in [0.25, 0.3) is 0 Å². The zero-order valence-electron chi connectivity index (χ0n) is 12.4. The lowest BCUT2D eigenvalue weighted by Gasteiger charge is -2.20. The third-order valence-corrected chi connectivity index (χ3v) is 3.49. The maximum absolute atomic E-state index is 14.2. The third-order valence-electron chi connectivity index (χ3n) is 3.49. The van der Waals surface area contributed by atoms with Gasteiger partial charge in [0.15, 0.2) is 0 Å². The Morgan fingerprint density at radius 3 is 2.75 bits per heavy atom. The standard InChI is InChI=1S/C15H21FN4/c1-11(17-2)13-5-6-15(14(16)7-13)19(3)9-12-8-18-20(4)10-12/h5-8,10-11,17H,9H2,1-4H3. The van der Waals surface area contributed by atoms with Crippen LogP contribution in [0.1, 0.15) is 24.1 Å². The van der Waals surface area contributed by atoms with Crippen molar-refractivity contribution in [2.45, 2.75) is 19.5 Å². The zero-order valence-corrected chi connectivity index (χ0v) is 12.4. The Hall–Kier alpha value is -1.88. The molecule has 1 aromatic carbocycles. The summed E-state index contributed by atoms with van der Waals surface area (Å²) in [5.41, 5.74) is 2.60. The number of rotatable bonds is 5. The summed E-state index contributed by atoms with van der Waals surface area (Å²) in [7, 11) is 5.62. The molecule has 1 N–H and O–H groups in total. The van der Waals surface area contributed by atoms with Gasteiger partial charge in [-0.15, -0.1) is 0 Å². The number of hydrogen-bond donors (Lipinski definition) is 1. The zero-order chi connectivity index (χ0) is 14.7. The molecule has 0 fully saturated rings. The molecule has 0 saturated heterocycles. The fourth-order valence-corrected chi connectivity index (χ4v) is 2.18. The molecule has 1 heterocycles. The van der Waals surface area contributed by atoms with Gasteiger partial charge in [-0.1, -0.05) is 6.07 Å². The molecular weight excluding hydrogens is 255 g/mol. The minimum atomic E-state index is -0.198. The average Bonchev–Trinajstić information content (AvgIpc) is 2.82. The topological polar surface area (TPSA) is 33.1 Å². The highest BCUT2D eigenvalue weighted by molar-refractivity contribution is 5.49. The van der Waals surface area contributed by atoms with Gasteiger partial charge in [0.2, 0.25) is 0 Å². The van der Waals surface area contributed by atoms with Crippen molar-refractivity contribution >= 4 is 5.69 Å². The van der Waals surface area contributed by atoms with E-state index in [2.05, 4.69) is 10.4 Å². The Morgan fingerprint density at radius 2 is 2.20 bits per heavy atom. The Kier molecular flexibility index (Phi) is 4.39. The fraction of sp³-hybridized carbons (Fsp3) is 0.400. The van der Waals surface area contributed by atoms with Gasteiger partial charge in [-0.05, 0) is 31.7 Å². The summed E-state index contributed by atoms with van der Waals surface area (Å²) in [4.78, 5) is 1.89. The molecule has 0 aliphatic heterocycles. The van der Waals surface area contributed by atoms with E-state index in [9.17, 15) is 4.39 Å². The molecular formula is C15H21FN4. The van der Waals surface area contributed by atoms with Crippen LogP contribution in [-0.2, 0) is 13.6 Å². The number of halogens is 1.